The smallest absolute Gasteiger partial charge is 0.315 e. The number of rotatable bonds is 8. The maximum atomic E-state index is 10.4. The van der Waals surface area contributed by atoms with Gasteiger partial charge in [-0.05, 0) is 18.9 Å². The first-order valence-electron chi connectivity index (χ1n) is 5.98. The molecular weight excluding hydrogens is 228 g/mol. The van der Waals surface area contributed by atoms with Crippen LogP contribution in [0.5, 0.6) is 0 Å². The molecule has 0 spiro atoms. The first-order chi connectivity index (χ1) is 7.64. The van der Waals surface area contributed by atoms with Gasteiger partial charge >= 0.3 is 16.3 Å². The van der Waals surface area contributed by atoms with Gasteiger partial charge in [-0.15, -0.1) is 8.42 Å². The predicted molar refractivity (Wildman–Crippen MR) is 61.8 cm³/mol. The number of hydrogen-bond donors (Lipinski definition) is 0. The van der Waals surface area contributed by atoms with Gasteiger partial charge in [0, 0.05) is 0 Å². The molecule has 0 saturated carbocycles. The lowest BCUT2D eigenvalue weighted by molar-refractivity contribution is 0.118. The second kappa shape index (κ2) is 6.78. The highest BCUT2D eigenvalue weighted by atomic mass is 32.3. The fourth-order valence-corrected chi connectivity index (χ4v) is 2.15. The van der Waals surface area contributed by atoms with Crippen molar-refractivity contribution in [3.8, 4) is 0 Å². The van der Waals surface area contributed by atoms with Crippen molar-refractivity contribution < 1.29 is 16.8 Å². The predicted octanol–water partition coefficient (Wildman–Crippen LogP) is 3.26. The van der Waals surface area contributed by atoms with E-state index in [0.29, 0.717) is 0 Å². The fraction of sp³-hybridized carbons (Fsp3) is 0.818. The Bertz CT molecular complexity index is 305. The normalized spacial score (nSPS) is 17.2. The Balaban J connectivity index is 1.89. The molecule has 94 valence electrons. The Morgan fingerprint density at radius 3 is 2.12 bits per heavy atom. The van der Waals surface area contributed by atoms with Gasteiger partial charge < -0.3 is 8.37 Å². The largest absolute Gasteiger partial charge is 0.506 e. The molecule has 4 nitrogen and oxygen atoms in total. The van der Waals surface area contributed by atoms with Crippen LogP contribution in [0.25, 0.3) is 0 Å². The quantitative estimate of drug-likeness (QED) is 0.619. The third-order valence-electron chi connectivity index (χ3n) is 2.49. The molecule has 0 aliphatic carbocycles. The highest BCUT2D eigenvalue weighted by Gasteiger charge is 2.31. The van der Waals surface area contributed by atoms with Gasteiger partial charge in [-0.2, -0.15) is 0 Å². The van der Waals surface area contributed by atoms with Crippen molar-refractivity contribution in [2.45, 2.75) is 58.3 Å². The summed E-state index contributed by atoms with van der Waals surface area (Å²) < 4.78 is 29.7. The van der Waals surface area contributed by atoms with E-state index in [2.05, 4.69) is 15.3 Å². The van der Waals surface area contributed by atoms with Crippen molar-refractivity contribution >= 4 is 10.4 Å². The Morgan fingerprint density at radius 2 is 1.56 bits per heavy atom. The Labute approximate surface area is 98.0 Å². The average Bonchev–Trinajstić information content (AvgIpc) is 2.19. The third kappa shape index (κ3) is 5.39. The summed E-state index contributed by atoms with van der Waals surface area (Å²) >= 11 is 0. The zero-order valence-electron chi connectivity index (χ0n) is 9.78. The van der Waals surface area contributed by atoms with Crippen molar-refractivity contribution in [1.29, 1.82) is 0 Å². The van der Waals surface area contributed by atoms with Gasteiger partial charge in [0.25, 0.3) is 0 Å². The van der Waals surface area contributed by atoms with Crippen LogP contribution in [0.4, 0.5) is 0 Å². The molecule has 0 N–H and O–H groups in total. The van der Waals surface area contributed by atoms with Gasteiger partial charge in [0.05, 0.1) is 0 Å². The summed E-state index contributed by atoms with van der Waals surface area (Å²) in [5.41, 5.74) is 0. The minimum atomic E-state index is -3.66. The third-order valence-corrected chi connectivity index (χ3v) is 3.22. The second-order valence-electron chi connectivity index (χ2n) is 4.01. The molecule has 5 heteroatoms. The van der Waals surface area contributed by atoms with Crippen molar-refractivity contribution in [3.05, 3.63) is 12.0 Å². The molecule has 0 unspecified atom stereocenters. The molecule has 0 amide bonds. The molecule has 1 saturated heterocycles. The first-order valence-corrected chi connectivity index (χ1v) is 7.31. The molecule has 0 aromatic heterocycles. The van der Waals surface area contributed by atoms with E-state index in [1.165, 1.54) is 38.5 Å². The van der Waals surface area contributed by atoms with Crippen LogP contribution in [0.1, 0.15) is 58.3 Å². The first kappa shape index (κ1) is 13.4. The SMILES string of the molecule is CCCCCCCCCC=C1OS(=O)(=O)O1. The van der Waals surface area contributed by atoms with Crippen molar-refractivity contribution in [2.75, 3.05) is 0 Å². The molecule has 1 heterocycles. The van der Waals surface area contributed by atoms with Crippen LogP contribution < -0.4 is 0 Å². The number of unbranched alkanes of at least 4 members (excludes halogenated alkanes) is 7. The molecular formula is C11H20O4S. The summed E-state index contributed by atoms with van der Waals surface area (Å²) in [6, 6.07) is 0. The highest BCUT2D eigenvalue weighted by molar-refractivity contribution is 7.83. The Kier molecular flexibility index (Phi) is 5.66. The molecule has 0 aromatic rings. The van der Waals surface area contributed by atoms with E-state index in [9.17, 15) is 8.42 Å². The van der Waals surface area contributed by atoms with Crippen LogP contribution in [0.15, 0.2) is 12.0 Å². The second-order valence-corrected chi connectivity index (χ2v) is 5.16. The molecule has 1 rings (SSSR count). The van der Waals surface area contributed by atoms with Gasteiger partial charge in [-0.1, -0.05) is 45.4 Å². The monoisotopic (exact) mass is 248 g/mol. The van der Waals surface area contributed by atoms with Crippen LogP contribution >= 0.6 is 0 Å². The van der Waals surface area contributed by atoms with Crippen molar-refractivity contribution in [3.63, 3.8) is 0 Å². The van der Waals surface area contributed by atoms with Gasteiger partial charge in [0.2, 0.25) is 0 Å². The molecule has 1 aliphatic rings. The minimum Gasteiger partial charge on any atom is -0.315 e. The zero-order chi connectivity index (χ0) is 11.9. The molecule has 1 aliphatic heterocycles. The van der Waals surface area contributed by atoms with Gasteiger partial charge in [-0.25, -0.2) is 0 Å². The van der Waals surface area contributed by atoms with E-state index in [4.69, 9.17) is 0 Å². The lowest BCUT2D eigenvalue weighted by Crippen LogP contribution is -2.21. The summed E-state index contributed by atoms with van der Waals surface area (Å²) in [6.45, 7) is 2.21. The Morgan fingerprint density at radius 1 is 1.00 bits per heavy atom. The summed E-state index contributed by atoms with van der Waals surface area (Å²) in [5.74, 6) is 0.131. The summed E-state index contributed by atoms with van der Waals surface area (Å²) in [7, 11) is -3.66. The maximum absolute atomic E-state index is 10.4. The van der Waals surface area contributed by atoms with Crippen molar-refractivity contribution in [1.82, 2.24) is 0 Å². The van der Waals surface area contributed by atoms with Gasteiger partial charge in [-0.3, -0.25) is 0 Å². The molecule has 0 atom stereocenters. The van der Waals surface area contributed by atoms with E-state index < -0.39 is 10.4 Å². The van der Waals surface area contributed by atoms with Crippen molar-refractivity contribution in [2.24, 2.45) is 0 Å². The lowest BCUT2D eigenvalue weighted by Gasteiger charge is -2.17. The van der Waals surface area contributed by atoms with Crippen LogP contribution in [0.3, 0.4) is 0 Å². The fourth-order valence-electron chi connectivity index (χ4n) is 1.60. The minimum absolute atomic E-state index is 0.131. The average molecular weight is 248 g/mol. The van der Waals surface area contributed by atoms with E-state index in [-0.39, 0.29) is 5.95 Å². The molecule has 0 aromatic carbocycles. The number of hydrogen-bond acceptors (Lipinski definition) is 4. The van der Waals surface area contributed by atoms with E-state index in [1.54, 1.807) is 6.08 Å². The van der Waals surface area contributed by atoms with E-state index in [1.807, 2.05) is 0 Å². The topological polar surface area (TPSA) is 52.6 Å². The zero-order valence-corrected chi connectivity index (χ0v) is 10.6. The lowest BCUT2D eigenvalue weighted by atomic mass is 10.1. The summed E-state index contributed by atoms with van der Waals surface area (Å²) in [4.78, 5) is 0. The van der Waals surface area contributed by atoms with Crippen LogP contribution in [-0.4, -0.2) is 8.42 Å². The van der Waals surface area contributed by atoms with Crippen LogP contribution in [0, 0.1) is 0 Å². The summed E-state index contributed by atoms with van der Waals surface area (Å²) in [6.07, 6.45) is 11.2. The highest BCUT2D eigenvalue weighted by Crippen LogP contribution is 2.22. The Hall–Kier alpha value is -0.710. The van der Waals surface area contributed by atoms with Crippen LogP contribution in [-0.2, 0) is 18.8 Å². The molecule has 0 bridgehead atoms. The van der Waals surface area contributed by atoms with E-state index >= 15 is 0 Å². The van der Waals surface area contributed by atoms with Gasteiger partial charge in [0.1, 0.15) is 0 Å². The molecule has 0 radical (unpaired) electrons. The molecule has 1 fully saturated rings. The standard InChI is InChI=1S/C11H20O4S/c1-2-3-4-5-6-7-8-9-10-11-14-16(12,13)15-11/h10H,2-9H2,1H3. The maximum Gasteiger partial charge on any atom is 0.506 e. The van der Waals surface area contributed by atoms with Gasteiger partial charge in [0.15, 0.2) is 0 Å². The number of allylic oxidation sites excluding steroid dienone is 1. The molecule has 16 heavy (non-hydrogen) atoms. The van der Waals surface area contributed by atoms with E-state index in [0.717, 1.165) is 12.8 Å². The van der Waals surface area contributed by atoms with Crippen LogP contribution in [0.2, 0.25) is 0 Å². The summed E-state index contributed by atoms with van der Waals surface area (Å²) in [5, 5.41) is 0.